The second kappa shape index (κ2) is 5.15. The Morgan fingerprint density at radius 2 is 2.06 bits per heavy atom. The Morgan fingerprint density at radius 3 is 2.56 bits per heavy atom. The molecular formula is C14H20O2. The molecule has 0 aromatic carbocycles. The Bertz CT molecular complexity index is 350. The number of allylic oxidation sites excluding steroid dienone is 2. The number of carbonyl (C=O) groups excluding carboxylic acids is 1. The first-order valence-electron chi connectivity index (χ1n) is 5.60. The minimum absolute atomic E-state index is 0.111. The van der Waals surface area contributed by atoms with Crippen molar-refractivity contribution >= 4 is 5.97 Å². The molecule has 0 radical (unpaired) electrons. The normalized spacial score (nSPS) is 24.6. The zero-order valence-corrected chi connectivity index (χ0v) is 10.4. The van der Waals surface area contributed by atoms with Crippen LogP contribution in [0.1, 0.15) is 33.6 Å². The Kier molecular flexibility index (Phi) is 4.11. The van der Waals surface area contributed by atoms with Gasteiger partial charge in [-0.05, 0) is 45.1 Å². The zero-order valence-electron chi connectivity index (χ0n) is 10.4. The Morgan fingerprint density at radius 1 is 1.44 bits per heavy atom. The van der Waals surface area contributed by atoms with Crippen LogP contribution in [-0.2, 0) is 9.53 Å². The van der Waals surface area contributed by atoms with Crippen molar-refractivity contribution in [3.63, 3.8) is 0 Å². The summed E-state index contributed by atoms with van der Waals surface area (Å²) in [5, 5.41) is 0. The molecule has 0 aromatic rings. The van der Waals surface area contributed by atoms with Crippen LogP contribution >= 0.6 is 0 Å². The molecule has 0 heterocycles. The topological polar surface area (TPSA) is 26.3 Å². The molecule has 1 rings (SSSR count). The summed E-state index contributed by atoms with van der Waals surface area (Å²) in [4.78, 5) is 11.5. The van der Waals surface area contributed by atoms with Gasteiger partial charge in [-0.1, -0.05) is 24.8 Å². The van der Waals surface area contributed by atoms with Crippen molar-refractivity contribution in [2.75, 3.05) is 0 Å². The number of hydrogen-bond donors (Lipinski definition) is 0. The third kappa shape index (κ3) is 3.09. The van der Waals surface area contributed by atoms with E-state index in [0.717, 1.165) is 24.0 Å². The van der Waals surface area contributed by atoms with Crippen LogP contribution in [0.5, 0.6) is 0 Å². The Balaban J connectivity index is 2.69. The van der Waals surface area contributed by atoms with Crippen molar-refractivity contribution in [2.45, 2.75) is 39.7 Å². The summed E-state index contributed by atoms with van der Waals surface area (Å²) < 4.78 is 5.40. The van der Waals surface area contributed by atoms with E-state index in [1.807, 2.05) is 13.8 Å². The van der Waals surface area contributed by atoms with Gasteiger partial charge in [0.1, 0.15) is 6.10 Å². The van der Waals surface area contributed by atoms with E-state index < -0.39 is 0 Å². The molecule has 0 aromatic heterocycles. The van der Waals surface area contributed by atoms with Gasteiger partial charge < -0.3 is 4.74 Å². The lowest BCUT2D eigenvalue weighted by molar-refractivity contribution is -0.143. The average molecular weight is 220 g/mol. The molecule has 2 heteroatoms. The maximum atomic E-state index is 11.5. The fourth-order valence-corrected chi connectivity index (χ4v) is 1.77. The lowest BCUT2D eigenvalue weighted by Crippen LogP contribution is -2.26. The average Bonchev–Trinajstić information content (AvgIpc) is 2.20. The van der Waals surface area contributed by atoms with Gasteiger partial charge in [0.05, 0.1) is 0 Å². The molecule has 1 aliphatic carbocycles. The Hall–Kier alpha value is -1.31. The third-order valence-corrected chi connectivity index (χ3v) is 3.03. The minimum Gasteiger partial charge on any atom is -0.454 e. The predicted molar refractivity (Wildman–Crippen MR) is 66.0 cm³/mol. The summed E-state index contributed by atoms with van der Waals surface area (Å²) in [5.41, 5.74) is 2.73. The van der Waals surface area contributed by atoms with Crippen LogP contribution in [0.15, 0.2) is 36.0 Å². The van der Waals surface area contributed by atoms with Crippen molar-refractivity contribution in [3.8, 4) is 0 Å². The SMILES string of the molecule is C=C(C)C(=O)O[C@@H]1CC(C(=C)C)CC=C1C. The first-order valence-corrected chi connectivity index (χ1v) is 5.60. The van der Waals surface area contributed by atoms with Gasteiger partial charge in [-0.2, -0.15) is 0 Å². The lowest BCUT2D eigenvalue weighted by atomic mass is 9.84. The molecule has 0 aliphatic heterocycles. The van der Waals surface area contributed by atoms with E-state index in [0.29, 0.717) is 11.5 Å². The molecule has 2 atom stereocenters. The zero-order chi connectivity index (χ0) is 12.3. The molecular weight excluding hydrogens is 200 g/mol. The van der Waals surface area contributed by atoms with Gasteiger partial charge in [-0.25, -0.2) is 4.79 Å². The molecule has 0 bridgehead atoms. The maximum absolute atomic E-state index is 11.5. The number of hydrogen-bond acceptors (Lipinski definition) is 2. The first-order chi connectivity index (χ1) is 7.41. The van der Waals surface area contributed by atoms with E-state index in [9.17, 15) is 4.79 Å². The molecule has 16 heavy (non-hydrogen) atoms. The smallest absolute Gasteiger partial charge is 0.333 e. The highest BCUT2D eigenvalue weighted by molar-refractivity contribution is 5.87. The molecule has 0 saturated carbocycles. The van der Waals surface area contributed by atoms with Crippen molar-refractivity contribution < 1.29 is 9.53 Å². The van der Waals surface area contributed by atoms with Crippen LogP contribution in [-0.4, -0.2) is 12.1 Å². The molecule has 1 aliphatic rings. The molecule has 0 saturated heterocycles. The van der Waals surface area contributed by atoms with Crippen molar-refractivity contribution in [2.24, 2.45) is 5.92 Å². The second-order valence-electron chi connectivity index (χ2n) is 4.64. The predicted octanol–water partition coefficient (Wildman–Crippen LogP) is 3.41. The van der Waals surface area contributed by atoms with Crippen LogP contribution in [0.2, 0.25) is 0 Å². The molecule has 1 unspecified atom stereocenters. The van der Waals surface area contributed by atoms with Gasteiger partial charge in [0.2, 0.25) is 0 Å². The van der Waals surface area contributed by atoms with Crippen molar-refractivity contribution in [3.05, 3.63) is 36.0 Å². The quantitative estimate of drug-likeness (QED) is 0.414. The fraction of sp³-hybridized carbons (Fsp3) is 0.500. The highest BCUT2D eigenvalue weighted by atomic mass is 16.5. The molecule has 2 nitrogen and oxygen atoms in total. The summed E-state index contributed by atoms with van der Waals surface area (Å²) in [7, 11) is 0. The number of ether oxygens (including phenoxy) is 1. The second-order valence-corrected chi connectivity index (χ2v) is 4.64. The maximum Gasteiger partial charge on any atom is 0.333 e. The van der Waals surface area contributed by atoms with Crippen LogP contribution in [0.3, 0.4) is 0 Å². The minimum atomic E-state index is -0.305. The van der Waals surface area contributed by atoms with Crippen LogP contribution in [0.25, 0.3) is 0 Å². The van der Waals surface area contributed by atoms with E-state index in [1.54, 1.807) is 6.92 Å². The number of esters is 1. The van der Waals surface area contributed by atoms with Gasteiger partial charge in [0.15, 0.2) is 0 Å². The van der Waals surface area contributed by atoms with E-state index in [1.165, 1.54) is 0 Å². The van der Waals surface area contributed by atoms with Gasteiger partial charge in [-0.15, -0.1) is 0 Å². The van der Waals surface area contributed by atoms with Gasteiger partial charge in [0.25, 0.3) is 0 Å². The van der Waals surface area contributed by atoms with E-state index in [-0.39, 0.29) is 12.1 Å². The standard InChI is InChI=1S/C14H20O2/c1-9(2)12-7-6-11(5)13(8-12)16-14(15)10(3)4/h6,12-13H,1,3,7-8H2,2,4-5H3/t12?,13-/m1/s1. The molecule has 0 spiro atoms. The summed E-state index contributed by atoms with van der Waals surface area (Å²) >= 11 is 0. The van der Waals surface area contributed by atoms with Gasteiger partial charge in [0, 0.05) is 5.57 Å². The monoisotopic (exact) mass is 220 g/mol. The van der Waals surface area contributed by atoms with Crippen LogP contribution < -0.4 is 0 Å². The molecule has 0 fully saturated rings. The fourth-order valence-electron chi connectivity index (χ4n) is 1.77. The summed E-state index contributed by atoms with van der Waals surface area (Å²) in [6, 6.07) is 0. The summed E-state index contributed by atoms with van der Waals surface area (Å²) in [6.45, 7) is 13.3. The van der Waals surface area contributed by atoms with Gasteiger partial charge in [-0.3, -0.25) is 0 Å². The van der Waals surface area contributed by atoms with E-state index in [2.05, 4.69) is 19.2 Å². The van der Waals surface area contributed by atoms with E-state index >= 15 is 0 Å². The molecule has 0 amide bonds. The van der Waals surface area contributed by atoms with E-state index in [4.69, 9.17) is 4.74 Å². The first kappa shape index (κ1) is 12.8. The summed E-state index contributed by atoms with van der Waals surface area (Å²) in [6.07, 6.45) is 3.87. The highest BCUT2D eigenvalue weighted by Gasteiger charge is 2.25. The lowest BCUT2D eigenvalue weighted by Gasteiger charge is -2.28. The number of rotatable bonds is 3. The Labute approximate surface area is 97.7 Å². The number of carbonyl (C=O) groups is 1. The van der Waals surface area contributed by atoms with Crippen LogP contribution in [0.4, 0.5) is 0 Å². The molecule has 0 N–H and O–H groups in total. The summed E-state index contributed by atoms with van der Waals surface area (Å²) in [5.74, 6) is 0.117. The molecule has 88 valence electrons. The largest absolute Gasteiger partial charge is 0.454 e. The van der Waals surface area contributed by atoms with Crippen LogP contribution in [0, 0.1) is 5.92 Å². The van der Waals surface area contributed by atoms with Gasteiger partial charge >= 0.3 is 5.97 Å². The third-order valence-electron chi connectivity index (χ3n) is 3.03. The highest BCUT2D eigenvalue weighted by Crippen LogP contribution is 2.30. The van der Waals surface area contributed by atoms with Crippen molar-refractivity contribution in [1.29, 1.82) is 0 Å². The van der Waals surface area contributed by atoms with Crippen molar-refractivity contribution in [1.82, 2.24) is 0 Å².